The van der Waals surface area contributed by atoms with Gasteiger partial charge in [-0.25, -0.2) is 14.6 Å². The molecule has 2 rings (SSSR count). The third-order valence-corrected chi connectivity index (χ3v) is 2.74. The van der Waals surface area contributed by atoms with Crippen LogP contribution in [0.25, 0.3) is 0 Å². The van der Waals surface area contributed by atoms with Crippen molar-refractivity contribution in [2.45, 2.75) is 38.1 Å². The molecule has 4 heteroatoms. The minimum absolute atomic E-state index is 0.302. The number of hydrogen-bond acceptors (Lipinski definition) is 4. The van der Waals surface area contributed by atoms with Gasteiger partial charge in [0.25, 0.3) is 0 Å². The molecule has 0 heterocycles. The van der Waals surface area contributed by atoms with Gasteiger partial charge in [0.05, 0.1) is 11.7 Å². The van der Waals surface area contributed by atoms with Crippen LogP contribution in [-0.2, 0) is 9.59 Å². The van der Waals surface area contributed by atoms with Crippen molar-refractivity contribution in [2.24, 2.45) is 9.98 Å². The average molecular weight is 244 g/mol. The van der Waals surface area contributed by atoms with Crippen molar-refractivity contribution in [1.82, 2.24) is 0 Å². The maximum absolute atomic E-state index is 9.78. The van der Waals surface area contributed by atoms with Gasteiger partial charge in [0, 0.05) is 0 Å². The van der Waals surface area contributed by atoms with E-state index in [1.54, 1.807) is 18.2 Å². The lowest BCUT2D eigenvalue weighted by molar-refractivity contribution is 0.439. The molecule has 18 heavy (non-hydrogen) atoms. The Kier molecular flexibility index (Phi) is 7.07. The van der Waals surface area contributed by atoms with E-state index in [4.69, 9.17) is 0 Å². The van der Waals surface area contributed by atoms with E-state index in [1.165, 1.54) is 25.3 Å². The van der Waals surface area contributed by atoms with Crippen LogP contribution in [0.5, 0.6) is 0 Å². The van der Waals surface area contributed by atoms with Crippen molar-refractivity contribution in [3.05, 3.63) is 30.3 Å². The van der Waals surface area contributed by atoms with E-state index in [0.717, 1.165) is 12.8 Å². The molecule has 94 valence electrons. The fourth-order valence-electron chi connectivity index (χ4n) is 1.84. The summed E-state index contributed by atoms with van der Waals surface area (Å²) < 4.78 is 0. The highest BCUT2D eigenvalue weighted by atomic mass is 16.1. The van der Waals surface area contributed by atoms with Gasteiger partial charge >= 0.3 is 0 Å². The van der Waals surface area contributed by atoms with Crippen molar-refractivity contribution in [2.75, 3.05) is 0 Å². The highest BCUT2D eigenvalue weighted by Gasteiger charge is 2.10. The zero-order chi connectivity index (χ0) is 13.1. The minimum atomic E-state index is 0.302. The predicted molar refractivity (Wildman–Crippen MR) is 69.2 cm³/mol. The Morgan fingerprint density at radius 1 is 0.944 bits per heavy atom. The van der Waals surface area contributed by atoms with Crippen molar-refractivity contribution >= 4 is 17.8 Å². The number of nitrogens with zero attached hydrogens (tertiary/aromatic N) is 2. The Labute approximate surface area is 106 Å². The molecule has 0 radical (unpaired) electrons. The third-order valence-electron chi connectivity index (χ3n) is 2.74. The van der Waals surface area contributed by atoms with E-state index in [9.17, 15) is 9.59 Å². The monoisotopic (exact) mass is 244 g/mol. The van der Waals surface area contributed by atoms with Gasteiger partial charge in [0.15, 0.2) is 0 Å². The maximum Gasteiger partial charge on any atom is 0.240 e. The van der Waals surface area contributed by atoms with Gasteiger partial charge in [0.2, 0.25) is 12.2 Å². The van der Waals surface area contributed by atoms with Gasteiger partial charge in [-0.3, -0.25) is 0 Å². The number of aliphatic imine (C=N–C) groups is 2. The highest BCUT2D eigenvalue weighted by Crippen LogP contribution is 2.19. The molecule has 0 aromatic heterocycles. The Balaban J connectivity index is 0.000000180. The highest BCUT2D eigenvalue weighted by molar-refractivity contribution is 5.47. The lowest BCUT2D eigenvalue weighted by atomic mass is 9.96. The average Bonchev–Trinajstić information content (AvgIpc) is 2.43. The molecule has 1 saturated carbocycles. The van der Waals surface area contributed by atoms with E-state index in [-0.39, 0.29) is 0 Å². The minimum Gasteiger partial charge on any atom is -0.211 e. The Morgan fingerprint density at radius 2 is 1.61 bits per heavy atom. The lowest BCUT2D eigenvalue weighted by Gasteiger charge is -2.14. The Morgan fingerprint density at radius 3 is 2.17 bits per heavy atom. The van der Waals surface area contributed by atoms with Gasteiger partial charge in [-0.15, -0.1) is 0 Å². The van der Waals surface area contributed by atoms with Crippen molar-refractivity contribution in [1.29, 1.82) is 0 Å². The van der Waals surface area contributed by atoms with Gasteiger partial charge in [-0.05, 0) is 25.0 Å². The molecule has 0 atom stereocenters. The quantitative estimate of drug-likeness (QED) is 0.592. The lowest BCUT2D eigenvalue weighted by Crippen LogP contribution is -2.08. The second kappa shape index (κ2) is 9.06. The van der Waals surface area contributed by atoms with Crippen LogP contribution in [0.2, 0.25) is 0 Å². The molecule has 1 aromatic carbocycles. The molecule has 0 saturated heterocycles. The molecule has 0 amide bonds. The van der Waals surface area contributed by atoms with Gasteiger partial charge in [-0.2, -0.15) is 4.99 Å². The SMILES string of the molecule is O=C=NC1CCCCC1.O=C=Nc1ccccc1. The van der Waals surface area contributed by atoms with Crippen molar-refractivity contribution in [3.8, 4) is 0 Å². The smallest absolute Gasteiger partial charge is 0.211 e. The topological polar surface area (TPSA) is 58.9 Å². The first-order valence-corrected chi connectivity index (χ1v) is 6.06. The summed E-state index contributed by atoms with van der Waals surface area (Å²) in [4.78, 5) is 26.5. The Bertz CT molecular complexity index is 426. The van der Waals surface area contributed by atoms with Crippen LogP contribution in [0.4, 0.5) is 5.69 Å². The molecule has 1 aliphatic rings. The van der Waals surface area contributed by atoms with Crippen LogP contribution in [-0.4, -0.2) is 18.2 Å². The zero-order valence-corrected chi connectivity index (χ0v) is 10.2. The first-order chi connectivity index (χ1) is 8.86. The van der Waals surface area contributed by atoms with E-state index in [1.807, 2.05) is 18.2 Å². The molecule has 0 unspecified atom stereocenters. The molecular weight excluding hydrogens is 228 g/mol. The molecular formula is C14H16N2O2. The summed E-state index contributed by atoms with van der Waals surface area (Å²) in [6.07, 6.45) is 9.03. The third kappa shape index (κ3) is 5.90. The number of benzene rings is 1. The molecule has 0 aliphatic heterocycles. The Hall–Kier alpha value is -2.02. The van der Waals surface area contributed by atoms with Gasteiger partial charge < -0.3 is 0 Å². The molecule has 4 nitrogen and oxygen atoms in total. The number of isocyanates is 2. The summed E-state index contributed by atoms with van der Waals surface area (Å²) in [5.74, 6) is 0. The van der Waals surface area contributed by atoms with E-state index in [0.29, 0.717) is 11.7 Å². The van der Waals surface area contributed by atoms with E-state index < -0.39 is 0 Å². The molecule has 0 spiro atoms. The first-order valence-electron chi connectivity index (χ1n) is 6.06. The zero-order valence-electron chi connectivity index (χ0n) is 10.2. The molecule has 1 fully saturated rings. The number of para-hydroxylation sites is 1. The summed E-state index contributed by atoms with van der Waals surface area (Å²) >= 11 is 0. The molecule has 0 bridgehead atoms. The summed E-state index contributed by atoms with van der Waals surface area (Å²) in [6, 6.07) is 9.28. The van der Waals surface area contributed by atoms with Crippen LogP contribution in [0.1, 0.15) is 32.1 Å². The second-order valence-corrected chi connectivity index (χ2v) is 4.05. The molecule has 1 aromatic rings. The van der Waals surface area contributed by atoms with Crippen molar-refractivity contribution < 1.29 is 9.59 Å². The van der Waals surface area contributed by atoms with Crippen LogP contribution >= 0.6 is 0 Å². The van der Waals surface area contributed by atoms with E-state index >= 15 is 0 Å². The maximum atomic E-state index is 9.78. The molecule has 1 aliphatic carbocycles. The van der Waals surface area contributed by atoms with Gasteiger partial charge in [0.1, 0.15) is 0 Å². The predicted octanol–water partition coefficient (Wildman–Crippen LogP) is 3.31. The molecule has 0 N–H and O–H groups in total. The van der Waals surface area contributed by atoms with E-state index in [2.05, 4.69) is 9.98 Å². The largest absolute Gasteiger partial charge is 0.240 e. The summed E-state index contributed by atoms with van der Waals surface area (Å²) in [7, 11) is 0. The number of hydrogen-bond donors (Lipinski definition) is 0. The van der Waals surface area contributed by atoms with Crippen LogP contribution in [0, 0.1) is 0 Å². The van der Waals surface area contributed by atoms with Gasteiger partial charge in [-0.1, -0.05) is 37.5 Å². The first kappa shape index (κ1) is 14.0. The van der Waals surface area contributed by atoms with Crippen LogP contribution < -0.4 is 0 Å². The summed E-state index contributed by atoms with van der Waals surface area (Å²) in [5.41, 5.74) is 0.646. The second-order valence-electron chi connectivity index (χ2n) is 4.05. The summed E-state index contributed by atoms with van der Waals surface area (Å²) in [6.45, 7) is 0. The van der Waals surface area contributed by atoms with Crippen LogP contribution in [0.15, 0.2) is 40.3 Å². The normalized spacial score (nSPS) is 14.4. The van der Waals surface area contributed by atoms with Crippen molar-refractivity contribution in [3.63, 3.8) is 0 Å². The van der Waals surface area contributed by atoms with Crippen LogP contribution in [0.3, 0.4) is 0 Å². The number of carbonyl (C=O) groups excluding carboxylic acids is 2. The fraction of sp³-hybridized carbons (Fsp3) is 0.429. The number of rotatable bonds is 2. The standard InChI is InChI=1S/C7H11NO.C7H5NO/c2*9-6-8-7-4-2-1-3-5-7/h7H,1-5H2;1-5H. The summed E-state index contributed by atoms with van der Waals surface area (Å²) in [5, 5.41) is 0. The fourth-order valence-corrected chi connectivity index (χ4v) is 1.84.